The Morgan fingerprint density at radius 2 is 2.17 bits per heavy atom. The first-order valence-electron chi connectivity index (χ1n) is 6.88. The Morgan fingerprint density at radius 1 is 1.44 bits per heavy atom. The second-order valence-corrected chi connectivity index (χ2v) is 5.17. The summed E-state index contributed by atoms with van der Waals surface area (Å²) >= 11 is 0. The predicted molar refractivity (Wildman–Crippen MR) is 78.0 cm³/mol. The van der Waals surface area contributed by atoms with Crippen LogP contribution in [-0.4, -0.2) is 42.5 Å². The van der Waals surface area contributed by atoms with Gasteiger partial charge in [-0.3, -0.25) is 4.79 Å². The van der Waals surface area contributed by atoms with E-state index in [0.29, 0.717) is 0 Å². The van der Waals surface area contributed by atoms with E-state index >= 15 is 0 Å². The summed E-state index contributed by atoms with van der Waals surface area (Å²) in [6, 6.07) is 0.347. The highest BCUT2D eigenvalue weighted by Gasteiger charge is 2.17. The van der Waals surface area contributed by atoms with Crippen LogP contribution in [0.5, 0.6) is 0 Å². The third-order valence-corrected chi connectivity index (χ3v) is 3.53. The Labute approximate surface area is 117 Å². The van der Waals surface area contributed by atoms with Crippen molar-refractivity contribution in [3.8, 4) is 0 Å². The lowest BCUT2D eigenvalue weighted by Gasteiger charge is -2.33. The van der Waals surface area contributed by atoms with Crippen LogP contribution in [0.15, 0.2) is 0 Å². The van der Waals surface area contributed by atoms with Gasteiger partial charge in [0, 0.05) is 12.6 Å². The maximum Gasteiger partial charge on any atom is 0.236 e. The average Bonchev–Trinajstić information content (AvgIpc) is 2.30. The third-order valence-electron chi connectivity index (χ3n) is 3.53. The van der Waals surface area contributed by atoms with E-state index in [1.165, 1.54) is 25.8 Å². The standard InChI is InChI=1S/C13H27N3O.ClH/c1-11-7-3-5-9-16(11)10-6-4-8-15-13(17)12(2)14;/h11-12H,3-10,14H2,1-2H3,(H,15,17);1H. The molecule has 2 unspecified atom stereocenters. The fraction of sp³-hybridized carbons (Fsp3) is 0.923. The minimum Gasteiger partial charge on any atom is -0.355 e. The smallest absolute Gasteiger partial charge is 0.236 e. The molecule has 1 aliphatic heterocycles. The van der Waals surface area contributed by atoms with Crippen LogP contribution in [0.4, 0.5) is 0 Å². The highest BCUT2D eigenvalue weighted by molar-refractivity contribution is 5.85. The van der Waals surface area contributed by atoms with Crippen molar-refractivity contribution in [3.63, 3.8) is 0 Å². The van der Waals surface area contributed by atoms with Crippen molar-refractivity contribution in [1.82, 2.24) is 10.2 Å². The molecule has 3 N–H and O–H groups in total. The number of nitrogens with two attached hydrogens (primary N) is 1. The van der Waals surface area contributed by atoms with Crippen LogP contribution in [0.25, 0.3) is 0 Å². The third kappa shape index (κ3) is 6.57. The maximum atomic E-state index is 11.2. The van der Waals surface area contributed by atoms with E-state index < -0.39 is 6.04 Å². The quantitative estimate of drug-likeness (QED) is 0.724. The van der Waals surface area contributed by atoms with Crippen molar-refractivity contribution in [2.75, 3.05) is 19.6 Å². The van der Waals surface area contributed by atoms with E-state index in [1.54, 1.807) is 6.92 Å². The van der Waals surface area contributed by atoms with Gasteiger partial charge in [-0.2, -0.15) is 0 Å². The molecule has 0 aromatic heterocycles. The number of carbonyl (C=O) groups is 1. The molecule has 4 nitrogen and oxygen atoms in total. The van der Waals surface area contributed by atoms with Gasteiger partial charge in [0.25, 0.3) is 0 Å². The van der Waals surface area contributed by atoms with Crippen LogP contribution in [0, 0.1) is 0 Å². The summed E-state index contributed by atoms with van der Waals surface area (Å²) in [5.41, 5.74) is 5.47. The summed E-state index contributed by atoms with van der Waals surface area (Å²) in [6.45, 7) is 7.19. The minimum atomic E-state index is -0.392. The number of carbonyl (C=O) groups excluding carboxylic acids is 1. The Hall–Kier alpha value is -0.320. The van der Waals surface area contributed by atoms with E-state index in [2.05, 4.69) is 17.1 Å². The molecule has 5 heteroatoms. The van der Waals surface area contributed by atoms with Gasteiger partial charge in [-0.15, -0.1) is 12.4 Å². The Morgan fingerprint density at radius 3 is 2.78 bits per heavy atom. The summed E-state index contributed by atoms with van der Waals surface area (Å²) < 4.78 is 0. The predicted octanol–water partition coefficient (Wildman–Crippen LogP) is 1.53. The van der Waals surface area contributed by atoms with Crippen LogP contribution in [0.3, 0.4) is 0 Å². The molecule has 1 rings (SSSR count). The fourth-order valence-electron chi connectivity index (χ4n) is 2.30. The van der Waals surface area contributed by atoms with E-state index in [0.717, 1.165) is 32.0 Å². The Kier molecular flexibility index (Phi) is 9.42. The van der Waals surface area contributed by atoms with Gasteiger partial charge in [0.2, 0.25) is 5.91 Å². The molecule has 18 heavy (non-hydrogen) atoms. The molecule has 2 atom stereocenters. The number of rotatable bonds is 6. The highest BCUT2D eigenvalue weighted by Crippen LogP contribution is 2.16. The zero-order chi connectivity index (χ0) is 12.7. The molecule has 0 bridgehead atoms. The first-order chi connectivity index (χ1) is 8.11. The van der Waals surface area contributed by atoms with E-state index in [-0.39, 0.29) is 18.3 Å². The molecule has 1 aliphatic rings. The number of hydrogen-bond donors (Lipinski definition) is 2. The van der Waals surface area contributed by atoms with Crippen molar-refractivity contribution < 1.29 is 4.79 Å². The summed E-state index contributed by atoms with van der Waals surface area (Å²) in [5, 5.41) is 2.85. The zero-order valence-electron chi connectivity index (χ0n) is 11.7. The molecule has 1 fully saturated rings. The first kappa shape index (κ1) is 17.7. The first-order valence-corrected chi connectivity index (χ1v) is 6.88. The summed E-state index contributed by atoms with van der Waals surface area (Å²) in [6.07, 6.45) is 6.25. The lowest BCUT2D eigenvalue weighted by Crippen LogP contribution is -2.40. The lowest BCUT2D eigenvalue weighted by molar-refractivity contribution is -0.121. The molecule has 108 valence electrons. The van der Waals surface area contributed by atoms with E-state index in [1.807, 2.05) is 0 Å². The largest absolute Gasteiger partial charge is 0.355 e. The van der Waals surface area contributed by atoms with Crippen molar-refractivity contribution in [2.24, 2.45) is 5.73 Å². The molecule has 0 spiro atoms. The fourth-order valence-corrected chi connectivity index (χ4v) is 2.30. The number of likely N-dealkylation sites (tertiary alicyclic amines) is 1. The highest BCUT2D eigenvalue weighted by atomic mass is 35.5. The van der Waals surface area contributed by atoms with Gasteiger partial charge < -0.3 is 16.0 Å². The van der Waals surface area contributed by atoms with Gasteiger partial charge >= 0.3 is 0 Å². The van der Waals surface area contributed by atoms with Crippen molar-refractivity contribution in [3.05, 3.63) is 0 Å². The Balaban J connectivity index is 0.00000289. The zero-order valence-corrected chi connectivity index (χ0v) is 12.5. The van der Waals surface area contributed by atoms with Gasteiger partial charge in [-0.1, -0.05) is 6.42 Å². The monoisotopic (exact) mass is 277 g/mol. The molecule has 0 saturated carbocycles. The van der Waals surface area contributed by atoms with Crippen LogP contribution < -0.4 is 11.1 Å². The van der Waals surface area contributed by atoms with Gasteiger partial charge in [0.05, 0.1) is 6.04 Å². The van der Waals surface area contributed by atoms with Crippen LogP contribution in [0.2, 0.25) is 0 Å². The number of hydrogen-bond acceptors (Lipinski definition) is 3. The van der Waals surface area contributed by atoms with E-state index in [4.69, 9.17) is 5.73 Å². The van der Waals surface area contributed by atoms with Crippen LogP contribution in [-0.2, 0) is 4.79 Å². The molecule has 1 heterocycles. The normalized spacial score (nSPS) is 22.1. The van der Waals surface area contributed by atoms with Crippen molar-refractivity contribution >= 4 is 18.3 Å². The van der Waals surface area contributed by atoms with Crippen molar-refractivity contribution in [1.29, 1.82) is 0 Å². The number of piperidine rings is 1. The molecule has 1 amide bonds. The average molecular weight is 278 g/mol. The van der Waals surface area contributed by atoms with Crippen LogP contribution in [0.1, 0.15) is 46.0 Å². The number of nitrogens with one attached hydrogen (secondary N) is 1. The van der Waals surface area contributed by atoms with E-state index in [9.17, 15) is 4.79 Å². The second-order valence-electron chi connectivity index (χ2n) is 5.17. The number of unbranched alkanes of at least 4 members (excludes halogenated alkanes) is 1. The molecular weight excluding hydrogens is 250 g/mol. The molecule has 0 aromatic rings. The molecule has 1 saturated heterocycles. The minimum absolute atomic E-state index is 0. The molecule has 0 radical (unpaired) electrons. The lowest BCUT2D eigenvalue weighted by atomic mass is 10.0. The van der Waals surface area contributed by atoms with Gasteiger partial charge in [-0.05, 0) is 52.6 Å². The molecule has 0 aliphatic carbocycles. The number of amides is 1. The Bertz CT molecular complexity index is 236. The molecular formula is C13H28ClN3O. The van der Waals surface area contributed by atoms with Crippen LogP contribution >= 0.6 is 12.4 Å². The number of nitrogens with zero attached hydrogens (tertiary/aromatic N) is 1. The molecule has 0 aromatic carbocycles. The summed E-state index contributed by atoms with van der Waals surface area (Å²) in [7, 11) is 0. The summed E-state index contributed by atoms with van der Waals surface area (Å²) in [4.78, 5) is 13.8. The van der Waals surface area contributed by atoms with Gasteiger partial charge in [-0.25, -0.2) is 0 Å². The SMILES string of the molecule is CC(N)C(=O)NCCCCN1CCCCC1C.Cl. The van der Waals surface area contributed by atoms with Gasteiger partial charge in [0.1, 0.15) is 0 Å². The maximum absolute atomic E-state index is 11.2. The van der Waals surface area contributed by atoms with Crippen molar-refractivity contribution in [2.45, 2.75) is 58.0 Å². The van der Waals surface area contributed by atoms with Gasteiger partial charge in [0.15, 0.2) is 0 Å². The second kappa shape index (κ2) is 9.59. The number of halogens is 1. The topological polar surface area (TPSA) is 58.4 Å². The summed E-state index contributed by atoms with van der Waals surface area (Å²) in [5.74, 6) is -0.0451.